The zero-order chi connectivity index (χ0) is 19.4. The molecule has 1 aromatic heterocycles. The lowest BCUT2D eigenvalue weighted by Crippen LogP contribution is -2.07. The fourth-order valence-corrected chi connectivity index (χ4v) is 3.87. The van der Waals surface area contributed by atoms with Crippen LogP contribution in [0.5, 0.6) is 5.75 Å². The molecule has 0 unspecified atom stereocenters. The van der Waals surface area contributed by atoms with Gasteiger partial charge in [0.15, 0.2) is 11.0 Å². The van der Waals surface area contributed by atoms with Crippen LogP contribution in [0.15, 0.2) is 41.6 Å². The summed E-state index contributed by atoms with van der Waals surface area (Å²) in [6.07, 6.45) is 0. The quantitative estimate of drug-likeness (QED) is 0.401. The van der Waals surface area contributed by atoms with E-state index in [9.17, 15) is 4.39 Å². The number of rotatable bonds is 7. The largest absolute Gasteiger partial charge is 0.484 e. The van der Waals surface area contributed by atoms with Crippen LogP contribution >= 0.6 is 46.6 Å². The van der Waals surface area contributed by atoms with Crippen molar-refractivity contribution in [1.29, 1.82) is 0 Å². The Labute approximate surface area is 175 Å². The zero-order valence-corrected chi connectivity index (χ0v) is 17.3. The highest BCUT2D eigenvalue weighted by Gasteiger charge is 2.13. The van der Waals surface area contributed by atoms with Crippen molar-refractivity contribution in [3.05, 3.63) is 68.7 Å². The van der Waals surface area contributed by atoms with E-state index < -0.39 is 5.82 Å². The van der Waals surface area contributed by atoms with E-state index in [1.165, 1.54) is 18.2 Å². The molecule has 0 radical (unpaired) electrons. The van der Waals surface area contributed by atoms with Gasteiger partial charge in [0.1, 0.15) is 18.2 Å². The summed E-state index contributed by atoms with van der Waals surface area (Å²) in [7, 11) is 0. The SMILES string of the molecule is CCn1c(COc2ccc(F)cc2Cl)nnc1SCc1ccc(Cl)c(Cl)c1. The van der Waals surface area contributed by atoms with Crippen LogP contribution in [-0.2, 0) is 18.9 Å². The first kappa shape index (κ1) is 20.3. The molecule has 3 rings (SSSR count). The average Bonchev–Trinajstić information content (AvgIpc) is 3.04. The van der Waals surface area contributed by atoms with Gasteiger partial charge in [0.2, 0.25) is 0 Å². The van der Waals surface area contributed by atoms with Crippen LogP contribution in [-0.4, -0.2) is 14.8 Å². The van der Waals surface area contributed by atoms with E-state index in [-0.39, 0.29) is 11.6 Å². The lowest BCUT2D eigenvalue weighted by molar-refractivity contribution is 0.288. The smallest absolute Gasteiger partial charge is 0.191 e. The van der Waals surface area contributed by atoms with E-state index in [1.54, 1.807) is 17.8 Å². The molecule has 27 heavy (non-hydrogen) atoms. The molecule has 0 amide bonds. The second-order valence-electron chi connectivity index (χ2n) is 5.54. The second-order valence-corrected chi connectivity index (χ2v) is 7.71. The van der Waals surface area contributed by atoms with Gasteiger partial charge in [-0.05, 0) is 42.8 Å². The van der Waals surface area contributed by atoms with E-state index in [0.717, 1.165) is 10.7 Å². The Morgan fingerprint density at radius 2 is 1.85 bits per heavy atom. The number of hydrogen-bond acceptors (Lipinski definition) is 4. The molecule has 3 aromatic rings. The van der Waals surface area contributed by atoms with Gasteiger partial charge in [-0.1, -0.05) is 52.6 Å². The van der Waals surface area contributed by atoms with Crippen molar-refractivity contribution in [2.75, 3.05) is 0 Å². The normalized spacial score (nSPS) is 11.0. The van der Waals surface area contributed by atoms with E-state index >= 15 is 0 Å². The van der Waals surface area contributed by atoms with Crippen molar-refractivity contribution >= 4 is 46.6 Å². The maximum Gasteiger partial charge on any atom is 0.191 e. The molecule has 1 heterocycles. The monoisotopic (exact) mass is 445 g/mol. The molecule has 0 aliphatic heterocycles. The van der Waals surface area contributed by atoms with E-state index in [0.29, 0.717) is 33.9 Å². The highest BCUT2D eigenvalue weighted by molar-refractivity contribution is 7.98. The molecule has 0 aliphatic rings. The highest BCUT2D eigenvalue weighted by atomic mass is 35.5. The van der Waals surface area contributed by atoms with Crippen LogP contribution in [0.4, 0.5) is 4.39 Å². The van der Waals surface area contributed by atoms with Crippen LogP contribution in [0.25, 0.3) is 0 Å². The van der Waals surface area contributed by atoms with Crippen LogP contribution in [0.1, 0.15) is 18.3 Å². The Balaban J connectivity index is 1.67. The standard InChI is InChI=1S/C18H15Cl3FN3OS/c1-2-25-17(9-26-16-6-4-12(22)8-15(16)21)23-24-18(25)27-10-11-3-5-13(19)14(20)7-11/h3-8H,2,9-10H2,1H3. The molecule has 0 atom stereocenters. The Kier molecular flexibility index (Phi) is 6.87. The number of thioether (sulfide) groups is 1. The molecule has 4 nitrogen and oxygen atoms in total. The van der Waals surface area contributed by atoms with Crippen LogP contribution in [0.3, 0.4) is 0 Å². The van der Waals surface area contributed by atoms with Gasteiger partial charge in [-0.25, -0.2) is 4.39 Å². The molecule has 0 spiro atoms. The van der Waals surface area contributed by atoms with E-state index in [2.05, 4.69) is 10.2 Å². The molecule has 0 fully saturated rings. The fraction of sp³-hybridized carbons (Fsp3) is 0.222. The third kappa shape index (κ3) is 5.08. The second kappa shape index (κ2) is 9.15. The van der Waals surface area contributed by atoms with Crippen molar-refractivity contribution in [1.82, 2.24) is 14.8 Å². The molecule has 142 valence electrons. The summed E-state index contributed by atoms with van der Waals surface area (Å²) in [5.41, 5.74) is 1.04. The highest BCUT2D eigenvalue weighted by Crippen LogP contribution is 2.28. The minimum Gasteiger partial charge on any atom is -0.484 e. The van der Waals surface area contributed by atoms with Gasteiger partial charge in [-0.15, -0.1) is 10.2 Å². The topological polar surface area (TPSA) is 39.9 Å². The number of aromatic nitrogens is 3. The van der Waals surface area contributed by atoms with Gasteiger partial charge in [0.25, 0.3) is 0 Å². The van der Waals surface area contributed by atoms with Crippen LogP contribution in [0, 0.1) is 5.82 Å². The molecule has 0 bridgehead atoms. The Bertz CT molecular complexity index is 952. The number of nitrogens with zero attached hydrogens (tertiary/aromatic N) is 3. The van der Waals surface area contributed by atoms with Crippen molar-refractivity contribution in [2.24, 2.45) is 0 Å². The van der Waals surface area contributed by atoms with Gasteiger partial charge in [0, 0.05) is 12.3 Å². The number of hydrogen-bond donors (Lipinski definition) is 0. The zero-order valence-electron chi connectivity index (χ0n) is 14.3. The van der Waals surface area contributed by atoms with Crippen molar-refractivity contribution in [2.45, 2.75) is 31.0 Å². The predicted molar refractivity (Wildman–Crippen MR) is 107 cm³/mol. The minimum atomic E-state index is -0.412. The van der Waals surface area contributed by atoms with Crippen molar-refractivity contribution in [3.8, 4) is 5.75 Å². The Morgan fingerprint density at radius 3 is 2.56 bits per heavy atom. The lowest BCUT2D eigenvalue weighted by atomic mass is 10.2. The van der Waals surface area contributed by atoms with E-state index in [1.807, 2.05) is 23.6 Å². The Morgan fingerprint density at radius 1 is 1.04 bits per heavy atom. The summed E-state index contributed by atoms with van der Waals surface area (Å²) >= 11 is 19.5. The van der Waals surface area contributed by atoms with E-state index in [4.69, 9.17) is 39.5 Å². The molecular formula is C18H15Cl3FN3OS. The fourth-order valence-electron chi connectivity index (χ4n) is 2.36. The Hall–Kier alpha value is -1.47. The summed E-state index contributed by atoms with van der Waals surface area (Å²) in [5, 5.41) is 10.5. The van der Waals surface area contributed by atoms with Crippen LogP contribution in [0.2, 0.25) is 15.1 Å². The minimum absolute atomic E-state index is 0.180. The molecule has 0 N–H and O–H groups in total. The number of ether oxygens (including phenoxy) is 1. The van der Waals surface area contributed by atoms with Gasteiger partial charge >= 0.3 is 0 Å². The van der Waals surface area contributed by atoms with Gasteiger partial charge in [0.05, 0.1) is 15.1 Å². The summed E-state index contributed by atoms with van der Waals surface area (Å²) in [5.74, 6) is 1.33. The van der Waals surface area contributed by atoms with Gasteiger partial charge in [-0.3, -0.25) is 0 Å². The first-order chi connectivity index (χ1) is 13.0. The summed E-state index contributed by atoms with van der Waals surface area (Å²) < 4.78 is 20.7. The van der Waals surface area contributed by atoms with Gasteiger partial charge in [-0.2, -0.15) is 0 Å². The van der Waals surface area contributed by atoms with Crippen LogP contribution < -0.4 is 4.74 Å². The third-order valence-electron chi connectivity index (χ3n) is 3.71. The molecule has 2 aromatic carbocycles. The summed E-state index contributed by atoms with van der Waals surface area (Å²) in [6.45, 7) is 2.87. The maximum absolute atomic E-state index is 13.1. The molecular weight excluding hydrogens is 432 g/mol. The molecule has 0 saturated heterocycles. The lowest BCUT2D eigenvalue weighted by Gasteiger charge is -2.10. The molecule has 0 aliphatic carbocycles. The molecule has 9 heteroatoms. The van der Waals surface area contributed by atoms with Crippen molar-refractivity contribution in [3.63, 3.8) is 0 Å². The number of benzene rings is 2. The first-order valence-corrected chi connectivity index (χ1v) is 10.2. The third-order valence-corrected chi connectivity index (χ3v) is 5.78. The summed E-state index contributed by atoms with van der Waals surface area (Å²) in [4.78, 5) is 0. The van der Waals surface area contributed by atoms with Gasteiger partial charge < -0.3 is 9.30 Å². The predicted octanol–water partition coefficient (Wildman–Crippen LogP) is 6.27. The maximum atomic E-state index is 13.1. The molecule has 0 saturated carbocycles. The number of halogens is 4. The average molecular weight is 447 g/mol. The first-order valence-electron chi connectivity index (χ1n) is 8.04. The van der Waals surface area contributed by atoms with Crippen molar-refractivity contribution < 1.29 is 9.13 Å². The summed E-state index contributed by atoms with van der Waals surface area (Å²) in [6, 6.07) is 9.53.